The molecule has 2 aromatic carbocycles. The molecule has 106 valence electrons. The average Bonchev–Trinajstić information content (AvgIpc) is 2.42. The van der Waals surface area contributed by atoms with Gasteiger partial charge in [0.2, 0.25) is 0 Å². The largest absolute Gasteiger partial charge is 0.313 e. The molecule has 0 bridgehead atoms. The van der Waals surface area contributed by atoms with Gasteiger partial charge < -0.3 is 5.32 Å². The number of halogens is 4. The van der Waals surface area contributed by atoms with Crippen LogP contribution in [0.3, 0.4) is 0 Å². The van der Waals surface area contributed by atoms with Crippen LogP contribution in [0, 0.1) is 17.5 Å². The Balaban J connectivity index is 2.44. The van der Waals surface area contributed by atoms with Gasteiger partial charge in [-0.15, -0.1) is 0 Å². The van der Waals surface area contributed by atoms with Crippen molar-refractivity contribution < 1.29 is 13.2 Å². The monoisotopic (exact) mass is 343 g/mol. The summed E-state index contributed by atoms with van der Waals surface area (Å²) in [6.07, 6.45) is 0. The molecule has 5 heteroatoms. The smallest absolute Gasteiger partial charge is 0.148 e. The van der Waals surface area contributed by atoms with E-state index in [1.165, 1.54) is 18.2 Å². The van der Waals surface area contributed by atoms with Gasteiger partial charge in [-0.05, 0) is 46.2 Å². The fraction of sp³-hybridized carbons (Fsp3) is 0.200. The van der Waals surface area contributed by atoms with Crippen LogP contribution in [-0.4, -0.2) is 6.54 Å². The van der Waals surface area contributed by atoms with E-state index in [1.807, 2.05) is 6.92 Å². The zero-order valence-corrected chi connectivity index (χ0v) is 12.4. The summed E-state index contributed by atoms with van der Waals surface area (Å²) in [5.74, 6) is -1.93. The van der Waals surface area contributed by atoms with Gasteiger partial charge in [0.1, 0.15) is 17.5 Å². The highest BCUT2D eigenvalue weighted by molar-refractivity contribution is 9.10. The molecule has 1 nitrogen and oxygen atoms in total. The van der Waals surface area contributed by atoms with Gasteiger partial charge in [-0.2, -0.15) is 0 Å². The lowest BCUT2D eigenvalue weighted by atomic mass is 10.0. The van der Waals surface area contributed by atoms with Crippen molar-refractivity contribution in [2.75, 3.05) is 6.54 Å². The Bertz CT molecular complexity index is 629. The van der Waals surface area contributed by atoms with Crippen LogP contribution in [0.1, 0.15) is 12.5 Å². The van der Waals surface area contributed by atoms with Gasteiger partial charge in [-0.25, -0.2) is 13.2 Å². The molecule has 20 heavy (non-hydrogen) atoms. The Labute approximate surface area is 123 Å². The molecule has 0 aliphatic heterocycles. The lowest BCUT2D eigenvalue weighted by molar-refractivity contribution is 0.582. The molecule has 0 amide bonds. The molecule has 0 aliphatic carbocycles. The molecule has 2 rings (SSSR count). The third-order valence-corrected chi connectivity index (χ3v) is 3.56. The highest BCUT2D eigenvalue weighted by Gasteiger charge is 2.15. The molecule has 0 saturated heterocycles. The van der Waals surface area contributed by atoms with Crippen molar-refractivity contribution in [2.45, 2.75) is 13.5 Å². The first-order valence-corrected chi connectivity index (χ1v) is 6.97. The lowest BCUT2D eigenvalue weighted by Crippen LogP contribution is -2.12. The molecule has 0 atom stereocenters. The van der Waals surface area contributed by atoms with Crippen molar-refractivity contribution in [1.29, 1.82) is 0 Å². The standard InChI is InChI=1S/C15H13BrF3N/c1-2-20-8-10-4-3-9(7-13(10)18)14-12(17)6-5-11(16)15(14)19/h3-7,20H,2,8H2,1H3. The Morgan fingerprint density at radius 1 is 1.05 bits per heavy atom. The summed E-state index contributed by atoms with van der Waals surface area (Å²) in [4.78, 5) is 0. The second-order valence-electron chi connectivity index (χ2n) is 4.30. The Morgan fingerprint density at radius 2 is 1.80 bits per heavy atom. The van der Waals surface area contributed by atoms with Gasteiger partial charge in [0, 0.05) is 12.1 Å². The number of benzene rings is 2. The first-order valence-electron chi connectivity index (χ1n) is 6.17. The van der Waals surface area contributed by atoms with E-state index < -0.39 is 17.5 Å². The van der Waals surface area contributed by atoms with Gasteiger partial charge in [-0.1, -0.05) is 19.1 Å². The van der Waals surface area contributed by atoms with E-state index in [0.717, 1.165) is 18.7 Å². The normalized spacial score (nSPS) is 10.8. The van der Waals surface area contributed by atoms with Gasteiger partial charge in [0.25, 0.3) is 0 Å². The van der Waals surface area contributed by atoms with Crippen molar-refractivity contribution >= 4 is 15.9 Å². The second kappa shape index (κ2) is 6.41. The van der Waals surface area contributed by atoms with Gasteiger partial charge in [-0.3, -0.25) is 0 Å². The fourth-order valence-electron chi connectivity index (χ4n) is 1.90. The van der Waals surface area contributed by atoms with E-state index in [2.05, 4.69) is 21.2 Å². The Kier molecular flexibility index (Phi) is 4.83. The van der Waals surface area contributed by atoms with Crippen LogP contribution in [-0.2, 0) is 6.54 Å². The first-order chi connectivity index (χ1) is 9.54. The van der Waals surface area contributed by atoms with Gasteiger partial charge in [0.05, 0.1) is 10.0 Å². The number of hydrogen-bond acceptors (Lipinski definition) is 1. The van der Waals surface area contributed by atoms with E-state index >= 15 is 0 Å². The van der Waals surface area contributed by atoms with E-state index in [4.69, 9.17) is 0 Å². The van der Waals surface area contributed by atoms with Crippen LogP contribution < -0.4 is 5.32 Å². The van der Waals surface area contributed by atoms with Crippen molar-refractivity contribution in [1.82, 2.24) is 5.32 Å². The molecule has 0 unspecified atom stereocenters. The molecule has 0 heterocycles. The quantitative estimate of drug-likeness (QED) is 0.797. The third kappa shape index (κ3) is 3.04. The Morgan fingerprint density at radius 3 is 2.45 bits per heavy atom. The van der Waals surface area contributed by atoms with Crippen molar-refractivity contribution in [3.8, 4) is 11.1 Å². The third-order valence-electron chi connectivity index (χ3n) is 2.95. The molecule has 0 spiro atoms. The molecule has 0 saturated carbocycles. The van der Waals surface area contributed by atoms with Crippen LogP contribution in [0.5, 0.6) is 0 Å². The van der Waals surface area contributed by atoms with Crippen LogP contribution in [0.15, 0.2) is 34.8 Å². The zero-order chi connectivity index (χ0) is 14.7. The van der Waals surface area contributed by atoms with Crippen molar-refractivity contribution in [3.63, 3.8) is 0 Å². The summed E-state index contributed by atoms with van der Waals surface area (Å²) in [6.45, 7) is 3.01. The molecule has 0 aliphatic rings. The van der Waals surface area contributed by atoms with Gasteiger partial charge >= 0.3 is 0 Å². The predicted octanol–water partition coefficient (Wildman–Crippen LogP) is 4.64. The minimum atomic E-state index is -0.733. The summed E-state index contributed by atoms with van der Waals surface area (Å²) < 4.78 is 41.8. The zero-order valence-electron chi connectivity index (χ0n) is 10.8. The minimum absolute atomic E-state index is 0.144. The van der Waals surface area contributed by atoms with E-state index in [1.54, 1.807) is 0 Å². The first kappa shape index (κ1) is 15.1. The molecular formula is C15H13BrF3N. The lowest BCUT2D eigenvalue weighted by Gasteiger charge is -2.09. The molecular weight excluding hydrogens is 331 g/mol. The molecule has 0 radical (unpaired) electrons. The summed E-state index contributed by atoms with van der Waals surface area (Å²) >= 11 is 3.00. The Hall–Kier alpha value is -1.33. The van der Waals surface area contributed by atoms with Crippen LogP contribution >= 0.6 is 15.9 Å². The van der Waals surface area contributed by atoms with E-state index in [0.29, 0.717) is 12.1 Å². The van der Waals surface area contributed by atoms with E-state index in [9.17, 15) is 13.2 Å². The summed E-state index contributed by atoms with van der Waals surface area (Å²) in [5, 5.41) is 3.00. The number of rotatable bonds is 4. The summed E-state index contributed by atoms with van der Waals surface area (Å²) in [7, 11) is 0. The fourth-order valence-corrected chi connectivity index (χ4v) is 2.23. The highest BCUT2D eigenvalue weighted by atomic mass is 79.9. The summed E-state index contributed by atoms with van der Waals surface area (Å²) in [5.41, 5.74) is 0.415. The molecule has 0 fully saturated rings. The topological polar surface area (TPSA) is 12.0 Å². The second-order valence-corrected chi connectivity index (χ2v) is 5.16. The van der Waals surface area contributed by atoms with E-state index in [-0.39, 0.29) is 15.6 Å². The van der Waals surface area contributed by atoms with Crippen molar-refractivity contribution in [3.05, 3.63) is 57.8 Å². The predicted molar refractivity (Wildman–Crippen MR) is 76.8 cm³/mol. The number of nitrogens with one attached hydrogen (secondary N) is 1. The highest BCUT2D eigenvalue weighted by Crippen LogP contribution is 2.31. The molecule has 1 N–H and O–H groups in total. The maximum absolute atomic E-state index is 14.0. The average molecular weight is 344 g/mol. The van der Waals surface area contributed by atoms with Crippen molar-refractivity contribution in [2.24, 2.45) is 0 Å². The SMILES string of the molecule is CCNCc1ccc(-c2c(F)ccc(Br)c2F)cc1F. The van der Waals surface area contributed by atoms with Gasteiger partial charge in [0.15, 0.2) is 0 Å². The molecule has 2 aromatic rings. The molecule has 0 aromatic heterocycles. The minimum Gasteiger partial charge on any atom is -0.313 e. The van der Waals surface area contributed by atoms with Crippen LogP contribution in [0.4, 0.5) is 13.2 Å². The number of hydrogen-bond donors (Lipinski definition) is 1. The van der Waals surface area contributed by atoms with Crippen LogP contribution in [0.2, 0.25) is 0 Å². The maximum atomic E-state index is 14.0. The van der Waals surface area contributed by atoms with Crippen LogP contribution in [0.25, 0.3) is 11.1 Å². The maximum Gasteiger partial charge on any atom is 0.148 e. The summed E-state index contributed by atoms with van der Waals surface area (Å²) in [6, 6.07) is 6.63.